The summed E-state index contributed by atoms with van der Waals surface area (Å²) < 4.78 is 13.2. The van der Waals surface area contributed by atoms with Crippen molar-refractivity contribution in [2.45, 2.75) is 38.7 Å². The highest BCUT2D eigenvalue weighted by Gasteiger charge is 2.12. The number of hydrogen-bond acceptors (Lipinski definition) is 1. The van der Waals surface area contributed by atoms with E-state index >= 15 is 0 Å². The smallest absolute Gasteiger partial charge is 0.123 e. The molecule has 1 aromatic carbocycles. The van der Waals surface area contributed by atoms with Crippen LogP contribution < -0.4 is 0 Å². The monoisotopic (exact) mass is 220 g/mol. The number of aryl methyl sites for hydroxylation is 1. The number of hydrogen-bond donors (Lipinski definition) is 1. The normalized spacial score (nSPS) is 21.4. The second kappa shape index (κ2) is 4.79. The summed E-state index contributed by atoms with van der Waals surface area (Å²) in [5, 5.41) is 9.71. The first kappa shape index (κ1) is 11.3. The summed E-state index contributed by atoms with van der Waals surface area (Å²) in [6, 6.07) is 4.84. The average molecular weight is 220 g/mol. The number of benzene rings is 1. The molecule has 0 amide bonds. The Kier molecular flexibility index (Phi) is 3.39. The molecule has 0 saturated carbocycles. The summed E-state index contributed by atoms with van der Waals surface area (Å²) in [7, 11) is 0. The highest BCUT2D eigenvalue weighted by Crippen LogP contribution is 2.28. The largest absolute Gasteiger partial charge is 0.389 e. The molecule has 0 radical (unpaired) electrons. The Hall–Kier alpha value is -1.15. The van der Waals surface area contributed by atoms with Gasteiger partial charge in [0.2, 0.25) is 0 Å². The van der Waals surface area contributed by atoms with Gasteiger partial charge in [-0.25, -0.2) is 4.39 Å². The third kappa shape index (κ3) is 2.50. The predicted octanol–water partition coefficient (Wildman–Crippen LogP) is 3.45. The second-order valence-corrected chi connectivity index (χ2v) is 4.46. The topological polar surface area (TPSA) is 20.2 Å². The number of rotatable bonds is 1. The molecule has 1 unspecified atom stereocenters. The fourth-order valence-corrected chi connectivity index (χ4v) is 2.23. The molecular weight excluding hydrogens is 203 g/mol. The first-order chi connectivity index (χ1) is 7.66. The molecule has 1 atom stereocenters. The van der Waals surface area contributed by atoms with Crippen LogP contribution in [-0.4, -0.2) is 11.2 Å². The third-order valence-electron chi connectivity index (χ3n) is 3.14. The van der Waals surface area contributed by atoms with E-state index in [1.807, 2.05) is 13.0 Å². The fourth-order valence-electron chi connectivity index (χ4n) is 2.23. The second-order valence-electron chi connectivity index (χ2n) is 4.46. The van der Waals surface area contributed by atoms with Crippen LogP contribution in [0.2, 0.25) is 0 Å². The highest BCUT2D eigenvalue weighted by atomic mass is 19.1. The number of aliphatic hydroxyl groups excluding tert-OH is 1. The molecule has 0 spiro atoms. The molecule has 86 valence electrons. The van der Waals surface area contributed by atoms with Crippen molar-refractivity contribution in [3.05, 3.63) is 41.2 Å². The molecule has 2 heteroatoms. The van der Waals surface area contributed by atoms with E-state index in [0.717, 1.165) is 42.4 Å². The summed E-state index contributed by atoms with van der Waals surface area (Å²) in [5.74, 6) is -0.208. The van der Waals surface area contributed by atoms with Gasteiger partial charge in [0.25, 0.3) is 0 Å². The number of aliphatic hydroxyl groups is 1. The summed E-state index contributed by atoms with van der Waals surface area (Å²) >= 11 is 0. The van der Waals surface area contributed by atoms with Gasteiger partial charge >= 0.3 is 0 Å². The lowest BCUT2D eigenvalue weighted by molar-refractivity contribution is 0.211. The van der Waals surface area contributed by atoms with Crippen LogP contribution >= 0.6 is 0 Å². The number of allylic oxidation sites excluding steroid dienone is 1. The van der Waals surface area contributed by atoms with Crippen LogP contribution in [0.5, 0.6) is 0 Å². The van der Waals surface area contributed by atoms with Crippen molar-refractivity contribution in [2.75, 3.05) is 0 Å². The van der Waals surface area contributed by atoms with Gasteiger partial charge in [-0.2, -0.15) is 0 Å². The molecule has 0 heterocycles. The molecule has 16 heavy (non-hydrogen) atoms. The maximum Gasteiger partial charge on any atom is 0.123 e. The zero-order valence-corrected chi connectivity index (χ0v) is 9.54. The average Bonchev–Trinajstić information content (AvgIpc) is 2.46. The molecule has 1 aliphatic carbocycles. The lowest BCUT2D eigenvalue weighted by atomic mass is 9.97. The fraction of sp³-hybridized carbons (Fsp3) is 0.429. The molecule has 2 rings (SSSR count). The van der Waals surface area contributed by atoms with Crippen molar-refractivity contribution in [3.63, 3.8) is 0 Å². The van der Waals surface area contributed by atoms with Crippen LogP contribution in [0.1, 0.15) is 36.8 Å². The van der Waals surface area contributed by atoms with Gasteiger partial charge in [-0.05, 0) is 55.0 Å². The molecule has 0 fully saturated rings. The predicted molar refractivity (Wildman–Crippen MR) is 63.6 cm³/mol. The first-order valence-corrected chi connectivity index (χ1v) is 5.82. The molecule has 0 aliphatic heterocycles. The van der Waals surface area contributed by atoms with Crippen LogP contribution in [0.4, 0.5) is 4.39 Å². The van der Waals surface area contributed by atoms with Gasteiger partial charge < -0.3 is 5.11 Å². The maximum atomic E-state index is 13.2. The quantitative estimate of drug-likeness (QED) is 0.768. The van der Waals surface area contributed by atoms with Gasteiger partial charge in [-0.15, -0.1) is 0 Å². The van der Waals surface area contributed by atoms with E-state index in [2.05, 4.69) is 0 Å². The van der Waals surface area contributed by atoms with Crippen molar-refractivity contribution >= 4 is 5.57 Å². The Morgan fingerprint density at radius 3 is 2.94 bits per heavy atom. The SMILES string of the molecule is Cc1ccc(F)cc1C1=CC(O)CCCC1. The van der Waals surface area contributed by atoms with E-state index in [1.54, 1.807) is 12.1 Å². The van der Waals surface area contributed by atoms with Gasteiger partial charge in [0.05, 0.1) is 6.10 Å². The molecule has 1 aromatic rings. The lowest BCUT2D eigenvalue weighted by Gasteiger charge is -2.10. The van der Waals surface area contributed by atoms with Crippen molar-refractivity contribution in [3.8, 4) is 0 Å². The summed E-state index contributed by atoms with van der Waals surface area (Å²) in [5.41, 5.74) is 3.10. The minimum atomic E-state index is -0.375. The summed E-state index contributed by atoms with van der Waals surface area (Å²) in [4.78, 5) is 0. The van der Waals surface area contributed by atoms with Gasteiger partial charge in [0, 0.05) is 0 Å². The molecule has 1 N–H and O–H groups in total. The van der Waals surface area contributed by atoms with Gasteiger partial charge in [-0.1, -0.05) is 18.6 Å². The van der Waals surface area contributed by atoms with Crippen LogP contribution in [0.15, 0.2) is 24.3 Å². The molecule has 0 aromatic heterocycles. The molecular formula is C14H17FO. The van der Waals surface area contributed by atoms with Gasteiger partial charge in [0.1, 0.15) is 5.82 Å². The molecule has 1 nitrogen and oxygen atoms in total. The highest BCUT2D eigenvalue weighted by molar-refractivity contribution is 5.68. The van der Waals surface area contributed by atoms with Crippen molar-refractivity contribution in [1.82, 2.24) is 0 Å². The van der Waals surface area contributed by atoms with Crippen molar-refractivity contribution in [2.24, 2.45) is 0 Å². The Morgan fingerprint density at radius 1 is 1.31 bits per heavy atom. The molecule has 0 bridgehead atoms. The van der Waals surface area contributed by atoms with Crippen LogP contribution in [-0.2, 0) is 0 Å². The standard InChI is InChI=1S/C14H17FO/c1-10-6-7-12(15)9-14(10)11-4-2-3-5-13(16)8-11/h6-9,13,16H,2-5H2,1H3. The van der Waals surface area contributed by atoms with E-state index in [4.69, 9.17) is 0 Å². The minimum absolute atomic E-state index is 0.208. The van der Waals surface area contributed by atoms with Crippen molar-refractivity contribution < 1.29 is 9.50 Å². The summed E-state index contributed by atoms with van der Waals surface area (Å²) in [6.45, 7) is 1.98. The Morgan fingerprint density at radius 2 is 2.12 bits per heavy atom. The first-order valence-electron chi connectivity index (χ1n) is 5.82. The van der Waals surface area contributed by atoms with E-state index < -0.39 is 0 Å². The van der Waals surface area contributed by atoms with Crippen LogP contribution in [0.25, 0.3) is 5.57 Å². The number of halogens is 1. The Bertz CT molecular complexity index is 409. The lowest BCUT2D eigenvalue weighted by Crippen LogP contribution is -2.00. The zero-order chi connectivity index (χ0) is 11.5. The van der Waals surface area contributed by atoms with Crippen LogP contribution in [0.3, 0.4) is 0 Å². The van der Waals surface area contributed by atoms with E-state index in [1.165, 1.54) is 6.07 Å². The van der Waals surface area contributed by atoms with E-state index in [9.17, 15) is 9.50 Å². The van der Waals surface area contributed by atoms with E-state index in [-0.39, 0.29) is 11.9 Å². The maximum absolute atomic E-state index is 13.2. The van der Waals surface area contributed by atoms with Gasteiger partial charge in [-0.3, -0.25) is 0 Å². The van der Waals surface area contributed by atoms with Crippen LogP contribution in [0, 0.1) is 12.7 Å². The Labute approximate surface area is 95.6 Å². The minimum Gasteiger partial charge on any atom is -0.389 e. The zero-order valence-electron chi connectivity index (χ0n) is 9.54. The van der Waals surface area contributed by atoms with E-state index in [0.29, 0.717) is 0 Å². The third-order valence-corrected chi connectivity index (χ3v) is 3.14. The molecule has 1 aliphatic rings. The Balaban J connectivity index is 2.38. The summed E-state index contributed by atoms with van der Waals surface area (Å²) in [6.07, 6.45) is 5.36. The van der Waals surface area contributed by atoms with Gasteiger partial charge in [0.15, 0.2) is 0 Å². The molecule has 0 saturated heterocycles. The van der Waals surface area contributed by atoms with Crippen molar-refractivity contribution in [1.29, 1.82) is 0 Å².